The van der Waals surface area contributed by atoms with Crippen molar-refractivity contribution >= 4 is 5.78 Å². The average Bonchev–Trinajstić information content (AvgIpc) is 2.76. The number of carbonyl (C=O) groups is 1. The van der Waals surface area contributed by atoms with Gasteiger partial charge in [-0.05, 0) is 17.5 Å². The lowest BCUT2D eigenvalue weighted by molar-refractivity contribution is -0.269. The van der Waals surface area contributed by atoms with Crippen molar-refractivity contribution in [1.29, 1.82) is 0 Å². The lowest BCUT2D eigenvalue weighted by Gasteiger charge is -2.36. The molecule has 162 valence electrons. The van der Waals surface area contributed by atoms with E-state index in [1.165, 1.54) is 0 Å². The zero-order valence-corrected chi connectivity index (χ0v) is 17.4. The first-order valence-corrected chi connectivity index (χ1v) is 10.5. The number of Topliss-reactive ketones (excluding diaryl/α,β-unsaturated/α-hetero) is 1. The minimum Gasteiger partial charge on any atom is -0.388 e. The number of nitrogens with zero attached hydrogens (tertiary/aromatic N) is 1. The summed E-state index contributed by atoms with van der Waals surface area (Å²) in [6.45, 7) is 3.25. The molecule has 0 radical (unpaired) electrons. The van der Waals surface area contributed by atoms with Gasteiger partial charge in [0, 0.05) is 13.1 Å². The SMILES string of the molecule is CCC[C@@H]1OC[C@@H](O)[C@H]([C@H](O)C(=O)CN(Cc2ccccc2)Cc2ccccc2)O1. The number of ketones is 1. The quantitative estimate of drug-likeness (QED) is 0.623. The Kier molecular flexibility index (Phi) is 8.54. The first-order chi connectivity index (χ1) is 14.6. The summed E-state index contributed by atoms with van der Waals surface area (Å²) in [5, 5.41) is 20.9. The molecule has 4 atom stereocenters. The van der Waals surface area contributed by atoms with Gasteiger partial charge in [0.1, 0.15) is 18.3 Å². The molecular formula is C24H31NO5. The molecule has 1 saturated heterocycles. The third kappa shape index (κ3) is 6.45. The van der Waals surface area contributed by atoms with Crippen molar-refractivity contribution in [2.24, 2.45) is 0 Å². The molecule has 0 aromatic heterocycles. The van der Waals surface area contributed by atoms with Crippen molar-refractivity contribution in [3.63, 3.8) is 0 Å². The van der Waals surface area contributed by atoms with E-state index in [0.717, 1.165) is 17.5 Å². The summed E-state index contributed by atoms with van der Waals surface area (Å²) in [6.07, 6.45) is -2.42. The molecule has 0 aliphatic carbocycles. The molecule has 0 amide bonds. The van der Waals surface area contributed by atoms with Gasteiger partial charge in [-0.2, -0.15) is 0 Å². The minimum atomic E-state index is -1.41. The number of hydrogen-bond acceptors (Lipinski definition) is 6. The zero-order chi connectivity index (χ0) is 21.3. The van der Waals surface area contributed by atoms with Crippen molar-refractivity contribution in [1.82, 2.24) is 4.90 Å². The second-order valence-electron chi connectivity index (χ2n) is 7.75. The van der Waals surface area contributed by atoms with Crippen LogP contribution >= 0.6 is 0 Å². The predicted octanol–water partition coefficient (Wildman–Crippen LogP) is 2.52. The molecule has 0 unspecified atom stereocenters. The predicted molar refractivity (Wildman–Crippen MR) is 114 cm³/mol. The Morgan fingerprint density at radius 3 is 2.17 bits per heavy atom. The van der Waals surface area contributed by atoms with E-state index in [1.54, 1.807) is 0 Å². The van der Waals surface area contributed by atoms with Gasteiger partial charge in [-0.15, -0.1) is 0 Å². The van der Waals surface area contributed by atoms with Gasteiger partial charge in [0.15, 0.2) is 12.1 Å². The standard InChI is InChI=1S/C24H31NO5/c1-2-9-22-29-17-21(27)24(30-22)23(28)20(26)16-25(14-18-10-5-3-6-11-18)15-19-12-7-4-8-13-19/h3-8,10-13,21-24,27-28H,2,9,14-17H2,1H3/t21-,22-,23-,24-/m1/s1. The highest BCUT2D eigenvalue weighted by Crippen LogP contribution is 2.20. The number of benzene rings is 2. The van der Waals surface area contributed by atoms with Gasteiger partial charge < -0.3 is 19.7 Å². The van der Waals surface area contributed by atoms with Crippen LogP contribution in [0.1, 0.15) is 30.9 Å². The van der Waals surface area contributed by atoms with Gasteiger partial charge >= 0.3 is 0 Å². The Morgan fingerprint density at radius 2 is 1.63 bits per heavy atom. The maximum absolute atomic E-state index is 12.9. The van der Waals surface area contributed by atoms with Crippen LogP contribution in [0.5, 0.6) is 0 Å². The minimum absolute atomic E-state index is 0.0524. The molecule has 1 fully saturated rings. The summed E-state index contributed by atoms with van der Waals surface area (Å²) in [5.41, 5.74) is 2.17. The number of hydrogen-bond donors (Lipinski definition) is 2. The lowest BCUT2D eigenvalue weighted by atomic mass is 10.0. The van der Waals surface area contributed by atoms with Crippen molar-refractivity contribution < 1.29 is 24.5 Å². The van der Waals surface area contributed by atoms with E-state index in [-0.39, 0.29) is 18.9 Å². The normalized spacial score (nSPS) is 22.7. The maximum Gasteiger partial charge on any atom is 0.177 e. The molecule has 3 rings (SSSR count). The van der Waals surface area contributed by atoms with Crippen LogP contribution in [0.2, 0.25) is 0 Å². The van der Waals surface area contributed by atoms with Gasteiger partial charge in [0.25, 0.3) is 0 Å². The summed E-state index contributed by atoms with van der Waals surface area (Å²) < 4.78 is 11.1. The van der Waals surface area contributed by atoms with E-state index >= 15 is 0 Å². The zero-order valence-electron chi connectivity index (χ0n) is 17.4. The molecular weight excluding hydrogens is 382 g/mol. The molecule has 1 aliphatic heterocycles. The smallest absolute Gasteiger partial charge is 0.177 e. The summed E-state index contributed by atoms with van der Waals surface area (Å²) in [7, 11) is 0. The Bertz CT molecular complexity index is 728. The largest absolute Gasteiger partial charge is 0.388 e. The second-order valence-corrected chi connectivity index (χ2v) is 7.75. The van der Waals surface area contributed by atoms with E-state index in [9.17, 15) is 15.0 Å². The number of aliphatic hydroxyl groups is 2. The molecule has 2 N–H and O–H groups in total. The Morgan fingerprint density at radius 1 is 1.07 bits per heavy atom. The monoisotopic (exact) mass is 413 g/mol. The van der Waals surface area contributed by atoms with E-state index < -0.39 is 24.6 Å². The molecule has 30 heavy (non-hydrogen) atoms. The molecule has 0 saturated carbocycles. The van der Waals surface area contributed by atoms with Crippen molar-refractivity contribution in [2.45, 2.75) is 57.5 Å². The van der Waals surface area contributed by atoms with E-state index in [1.807, 2.05) is 72.5 Å². The van der Waals surface area contributed by atoms with Crippen molar-refractivity contribution in [3.05, 3.63) is 71.8 Å². The first-order valence-electron chi connectivity index (χ1n) is 10.5. The summed E-state index contributed by atoms with van der Waals surface area (Å²) in [5.74, 6) is -0.372. The molecule has 6 nitrogen and oxygen atoms in total. The number of aliphatic hydroxyl groups excluding tert-OH is 2. The van der Waals surface area contributed by atoms with Crippen LogP contribution in [0.25, 0.3) is 0 Å². The Hall–Kier alpha value is -2.09. The molecule has 2 aromatic rings. The van der Waals surface area contributed by atoms with E-state index in [2.05, 4.69) is 0 Å². The van der Waals surface area contributed by atoms with Gasteiger partial charge in [0.05, 0.1) is 13.2 Å². The van der Waals surface area contributed by atoms with Gasteiger partial charge in [-0.3, -0.25) is 9.69 Å². The Balaban J connectivity index is 1.68. The Labute approximate surface area is 178 Å². The molecule has 0 spiro atoms. The van der Waals surface area contributed by atoms with Crippen LogP contribution in [0.3, 0.4) is 0 Å². The topological polar surface area (TPSA) is 79.2 Å². The fraction of sp³-hybridized carbons (Fsp3) is 0.458. The number of ether oxygens (including phenoxy) is 2. The van der Waals surface area contributed by atoms with E-state index in [0.29, 0.717) is 19.5 Å². The highest BCUT2D eigenvalue weighted by Gasteiger charge is 2.38. The van der Waals surface area contributed by atoms with Gasteiger partial charge in [0.2, 0.25) is 0 Å². The lowest BCUT2D eigenvalue weighted by Crippen LogP contribution is -2.53. The maximum atomic E-state index is 12.9. The molecule has 6 heteroatoms. The highest BCUT2D eigenvalue weighted by atomic mass is 16.7. The van der Waals surface area contributed by atoms with Crippen LogP contribution in [0, 0.1) is 0 Å². The van der Waals surface area contributed by atoms with Gasteiger partial charge in [-0.25, -0.2) is 0 Å². The number of rotatable bonds is 10. The third-order valence-electron chi connectivity index (χ3n) is 5.18. The summed E-state index contributed by atoms with van der Waals surface area (Å²) in [6, 6.07) is 19.8. The van der Waals surface area contributed by atoms with Crippen LogP contribution in [0.15, 0.2) is 60.7 Å². The molecule has 1 aliphatic rings. The summed E-state index contributed by atoms with van der Waals surface area (Å²) >= 11 is 0. The highest BCUT2D eigenvalue weighted by molar-refractivity contribution is 5.85. The molecule has 1 heterocycles. The third-order valence-corrected chi connectivity index (χ3v) is 5.18. The van der Waals surface area contributed by atoms with Crippen LogP contribution in [-0.2, 0) is 27.4 Å². The fourth-order valence-corrected chi connectivity index (χ4v) is 3.63. The average molecular weight is 414 g/mol. The van der Waals surface area contributed by atoms with Crippen molar-refractivity contribution in [2.75, 3.05) is 13.2 Å². The van der Waals surface area contributed by atoms with Crippen LogP contribution in [-0.4, -0.2) is 58.6 Å². The van der Waals surface area contributed by atoms with Gasteiger partial charge in [-0.1, -0.05) is 74.0 Å². The van der Waals surface area contributed by atoms with Crippen molar-refractivity contribution in [3.8, 4) is 0 Å². The van der Waals surface area contributed by atoms with E-state index in [4.69, 9.17) is 9.47 Å². The number of carbonyl (C=O) groups excluding carboxylic acids is 1. The second kappa shape index (κ2) is 11.3. The fourth-order valence-electron chi connectivity index (χ4n) is 3.63. The van der Waals surface area contributed by atoms with Crippen LogP contribution < -0.4 is 0 Å². The van der Waals surface area contributed by atoms with Crippen LogP contribution in [0.4, 0.5) is 0 Å². The molecule has 2 aromatic carbocycles. The molecule has 0 bridgehead atoms. The first kappa shape index (κ1) is 22.6. The summed E-state index contributed by atoms with van der Waals surface area (Å²) in [4.78, 5) is 14.9.